The fraction of sp³-hybridized carbons (Fsp3) is 0.455. The smallest absolute Gasteiger partial charge is 0.343 e. The SMILES string of the molecule is CCOC(=O)c1cc(Br)cnc1OCCS(C)(=O)=O. The van der Waals surface area contributed by atoms with E-state index in [1.54, 1.807) is 6.92 Å². The average Bonchev–Trinajstić information content (AvgIpc) is 2.29. The van der Waals surface area contributed by atoms with Crippen molar-refractivity contribution in [2.45, 2.75) is 6.92 Å². The second-order valence-electron chi connectivity index (χ2n) is 3.71. The molecule has 19 heavy (non-hydrogen) atoms. The molecular weight excluding hydrogens is 338 g/mol. The predicted molar refractivity (Wildman–Crippen MR) is 73.1 cm³/mol. The molecule has 0 saturated heterocycles. The summed E-state index contributed by atoms with van der Waals surface area (Å²) in [6.45, 7) is 1.85. The van der Waals surface area contributed by atoms with Crippen molar-refractivity contribution in [1.82, 2.24) is 4.98 Å². The van der Waals surface area contributed by atoms with Gasteiger partial charge in [0.05, 0.1) is 12.4 Å². The number of carbonyl (C=O) groups excluding carboxylic acids is 1. The molecule has 0 bridgehead atoms. The third kappa shape index (κ3) is 5.56. The van der Waals surface area contributed by atoms with Crippen LogP contribution < -0.4 is 4.74 Å². The fourth-order valence-corrected chi connectivity index (χ4v) is 1.90. The van der Waals surface area contributed by atoms with Gasteiger partial charge >= 0.3 is 5.97 Å². The van der Waals surface area contributed by atoms with Crippen LogP contribution in [-0.4, -0.2) is 44.6 Å². The van der Waals surface area contributed by atoms with Crippen molar-refractivity contribution in [3.05, 3.63) is 22.3 Å². The number of carbonyl (C=O) groups is 1. The Bertz CT molecular complexity index is 558. The second kappa shape index (κ2) is 6.85. The minimum atomic E-state index is -3.12. The second-order valence-corrected chi connectivity index (χ2v) is 6.88. The van der Waals surface area contributed by atoms with E-state index >= 15 is 0 Å². The standard InChI is InChI=1S/C11H14BrNO5S/c1-3-17-11(14)9-6-8(12)7-13-10(9)18-4-5-19(2,15)16/h6-7H,3-5H2,1-2H3. The quantitative estimate of drug-likeness (QED) is 0.721. The number of pyridine rings is 1. The van der Waals surface area contributed by atoms with Crippen LogP contribution in [0.25, 0.3) is 0 Å². The van der Waals surface area contributed by atoms with E-state index in [9.17, 15) is 13.2 Å². The zero-order valence-corrected chi connectivity index (χ0v) is 13.0. The molecule has 0 radical (unpaired) electrons. The first-order valence-electron chi connectivity index (χ1n) is 5.46. The van der Waals surface area contributed by atoms with Crippen LogP contribution in [0.3, 0.4) is 0 Å². The number of hydrogen-bond acceptors (Lipinski definition) is 6. The highest BCUT2D eigenvalue weighted by Crippen LogP contribution is 2.21. The predicted octanol–water partition coefficient (Wildman–Crippen LogP) is 1.44. The molecule has 106 valence electrons. The third-order valence-corrected chi connectivity index (χ3v) is 3.35. The van der Waals surface area contributed by atoms with E-state index in [1.807, 2.05) is 0 Å². The van der Waals surface area contributed by atoms with Gasteiger partial charge in [0, 0.05) is 16.9 Å². The van der Waals surface area contributed by atoms with Crippen molar-refractivity contribution >= 4 is 31.7 Å². The number of rotatable bonds is 6. The molecule has 0 amide bonds. The molecule has 1 aromatic rings. The van der Waals surface area contributed by atoms with E-state index < -0.39 is 15.8 Å². The Morgan fingerprint density at radius 1 is 1.47 bits per heavy atom. The summed E-state index contributed by atoms with van der Waals surface area (Å²) in [6, 6.07) is 1.51. The monoisotopic (exact) mass is 351 g/mol. The van der Waals surface area contributed by atoms with Crippen molar-refractivity contribution in [2.24, 2.45) is 0 Å². The lowest BCUT2D eigenvalue weighted by atomic mass is 10.3. The minimum absolute atomic E-state index is 0.0605. The maximum Gasteiger partial charge on any atom is 0.343 e. The number of hydrogen-bond donors (Lipinski definition) is 0. The van der Waals surface area contributed by atoms with Crippen LogP contribution in [0.5, 0.6) is 5.88 Å². The van der Waals surface area contributed by atoms with Crippen LogP contribution in [0.1, 0.15) is 17.3 Å². The first-order valence-corrected chi connectivity index (χ1v) is 8.32. The molecule has 0 aliphatic heterocycles. The van der Waals surface area contributed by atoms with Gasteiger partial charge in [-0.3, -0.25) is 0 Å². The molecule has 0 N–H and O–H groups in total. The maximum atomic E-state index is 11.7. The summed E-state index contributed by atoms with van der Waals surface area (Å²) in [7, 11) is -3.12. The van der Waals surface area contributed by atoms with E-state index in [2.05, 4.69) is 20.9 Å². The van der Waals surface area contributed by atoms with E-state index in [1.165, 1.54) is 12.3 Å². The van der Waals surface area contributed by atoms with Crippen LogP contribution in [0.2, 0.25) is 0 Å². The van der Waals surface area contributed by atoms with Crippen LogP contribution >= 0.6 is 15.9 Å². The molecule has 0 spiro atoms. The topological polar surface area (TPSA) is 82.6 Å². The number of sulfone groups is 1. The fourth-order valence-electron chi connectivity index (χ4n) is 1.19. The van der Waals surface area contributed by atoms with E-state index in [4.69, 9.17) is 9.47 Å². The number of aromatic nitrogens is 1. The van der Waals surface area contributed by atoms with Crippen molar-refractivity contribution in [2.75, 3.05) is 25.2 Å². The van der Waals surface area contributed by atoms with Gasteiger partial charge < -0.3 is 9.47 Å². The molecule has 8 heteroatoms. The Balaban J connectivity index is 2.85. The molecule has 0 saturated carbocycles. The van der Waals surface area contributed by atoms with Gasteiger partial charge in [0.15, 0.2) is 9.84 Å². The summed E-state index contributed by atoms with van der Waals surface area (Å²) >= 11 is 3.19. The van der Waals surface area contributed by atoms with Crippen molar-refractivity contribution in [3.8, 4) is 5.88 Å². The molecule has 0 aliphatic carbocycles. The summed E-state index contributed by atoms with van der Waals surface area (Å²) < 4.78 is 32.7. The van der Waals surface area contributed by atoms with Crippen LogP contribution in [0, 0.1) is 0 Å². The number of ether oxygens (including phenoxy) is 2. The molecule has 0 fully saturated rings. The number of nitrogens with zero attached hydrogens (tertiary/aromatic N) is 1. The molecule has 0 unspecified atom stereocenters. The van der Waals surface area contributed by atoms with Crippen LogP contribution in [0.15, 0.2) is 16.7 Å². The average molecular weight is 352 g/mol. The van der Waals surface area contributed by atoms with Gasteiger partial charge in [0.1, 0.15) is 12.2 Å². The first kappa shape index (κ1) is 15.9. The first-order chi connectivity index (χ1) is 8.83. The van der Waals surface area contributed by atoms with Gasteiger partial charge in [-0.15, -0.1) is 0 Å². The van der Waals surface area contributed by atoms with E-state index in [0.29, 0.717) is 4.47 Å². The molecule has 0 aromatic carbocycles. The summed E-state index contributed by atoms with van der Waals surface area (Å²) in [5, 5.41) is 0. The van der Waals surface area contributed by atoms with Crippen LogP contribution in [-0.2, 0) is 14.6 Å². The largest absolute Gasteiger partial charge is 0.476 e. The molecular formula is C11H14BrNO5S. The lowest BCUT2D eigenvalue weighted by Gasteiger charge is -2.09. The Kier molecular flexibility index (Phi) is 5.74. The molecule has 6 nitrogen and oxygen atoms in total. The van der Waals surface area contributed by atoms with Crippen LogP contribution in [0.4, 0.5) is 0 Å². The number of esters is 1. The summed E-state index contributed by atoms with van der Waals surface area (Å²) in [4.78, 5) is 15.6. The molecule has 1 heterocycles. The lowest BCUT2D eigenvalue weighted by Crippen LogP contribution is -2.15. The highest BCUT2D eigenvalue weighted by molar-refractivity contribution is 9.10. The van der Waals surface area contributed by atoms with E-state index in [-0.39, 0.29) is 30.4 Å². The third-order valence-electron chi connectivity index (χ3n) is 2.01. The van der Waals surface area contributed by atoms with Gasteiger partial charge in [-0.25, -0.2) is 18.2 Å². The Hall–Kier alpha value is -1.15. The Morgan fingerprint density at radius 2 is 2.16 bits per heavy atom. The minimum Gasteiger partial charge on any atom is -0.476 e. The number of halogens is 1. The normalized spacial score (nSPS) is 11.1. The van der Waals surface area contributed by atoms with Gasteiger partial charge in [-0.05, 0) is 28.9 Å². The zero-order chi connectivity index (χ0) is 14.5. The summed E-state index contributed by atoms with van der Waals surface area (Å²) in [5.74, 6) is -0.650. The molecule has 0 aliphatic rings. The highest BCUT2D eigenvalue weighted by Gasteiger charge is 2.16. The summed E-state index contributed by atoms with van der Waals surface area (Å²) in [5.41, 5.74) is 0.157. The van der Waals surface area contributed by atoms with Gasteiger partial charge in [-0.2, -0.15) is 0 Å². The lowest BCUT2D eigenvalue weighted by molar-refractivity contribution is 0.0521. The van der Waals surface area contributed by atoms with E-state index in [0.717, 1.165) is 6.26 Å². The van der Waals surface area contributed by atoms with Crippen molar-refractivity contribution in [3.63, 3.8) is 0 Å². The Labute approximate surface area is 120 Å². The molecule has 0 atom stereocenters. The Morgan fingerprint density at radius 3 is 2.74 bits per heavy atom. The van der Waals surface area contributed by atoms with Crippen molar-refractivity contribution < 1.29 is 22.7 Å². The van der Waals surface area contributed by atoms with Crippen molar-refractivity contribution in [1.29, 1.82) is 0 Å². The zero-order valence-electron chi connectivity index (χ0n) is 10.6. The molecule has 1 aromatic heterocycles. The van der Waals surface area contributed by atoms with Gasteiger partial charge in [0.25, 0.3) is 0 Å². The highest BCUT2D eigenvalue weighted by atomic mass is 79.9. The van der Waals surface area contributed by atoms with Gasteiger partial charge in [0.2, 0.25) is 5.88 Å². The van der Waals surface area contributed by atoms with Gasteiger partial charge in [-0.1, -0.05) is 0 Å². The molecule has 1 rings (SSSR count). The maximum absolute atomic E-state index is 11.7. The summed E-state index contributed by atoms with van der Waals surface area (Å²) in [6.07, 6.45) is 2.57.